The number of halogens is 1. The van der Waals surface area contributed by atoms with Crippen LogP contribution in [0.4, 0.5) is 5.69 Å². The molecule has 1 amide bonds. The summed E-state index contributed by atoms with van der Waals surface area (Å²) in [4.78, 5) is 28.3. The summed E-state index contributed by atoms with van der Waals surface area (Å²) in [6.07, 6.45) is 1.62. The van der Waals surface area contributed by atoms with Gasteiger partial charge in [-0.25, -0.2) is 4.98 Å². The lowest BCUT2D eigenvalue weighted by molar-refractivity contribution is -0.147. The minimum absolute atomic E-state index is 0.261. The molecule has 1 heterocycles. The van der Waals surface area contributed by atoms with Crippen molar-refractivity contribution in [1.29, 1.82) is 0 Å². The summed E-state index contributed by atoms with van der Waals surface area (Å²) < 4.78 is 6.99. The number of anilines is 1. The number of fused-ring (bicyclic) bond motifs is 1. The first-order valence-corrected chi connectivity index (χ1v) is 10.2. The Morgan fingerprint density at radius 3 is 2.81 bits per heavy atom. The van der Waals surface area contributed by atoms with Crippen LogP contribution in [-0.2, 0) is 20.7 Å². The van der Waals surface area contributed by atoms with Crippen LogP contribution in [0.3, 0.4) is 0 Å². The number of rotatable bonds is 7. The zero-order valence-corrected chi connectivity index (χ0v) is 17.2. The number of hydrogen-bond acceptors (Lipinski definition) is 5. The summed E-state index contributed by atoms with van der Waals surface area (Å²) in [6.45, 7) is 1.67. The average molecular weight is 447 g/mol. The molecule has 1 N–H and O–H groups in total. The SMILES string of the molecule is Cc1ccc(NC(=O)COC(=O)CCCc2nc3ccccc3s2)c(Br)c1. The number of para-hydroxylation sites is 1. The van der Waals surface area contributed by atoms with Crippen molar-refractivity contribution in [2.24, 2.45) is 0 Å². The number of ether oxygens (including phenoxy) is 1. The Bertz CT molecular complexity index is 938. The second kappa shape index (κ2) is 9.10. The summed E-state index contributed by atoms with van der Waals surface area (Å²) in [7, 11) is 0. The summed E-state index contributed by atoms with van der Waals surface area (Å²) in [5, 5.41) is 3.72. The number of thiazole rings is 1. The molecule has 3 aromatic rings. The Morgan fingerprint density at radius 2 is 2.04 bits per heavy atom. The van der Waals surface area contributed by atoms with Crippen LogP contribution >= 0.6 is 27.3 Å². The van der Waals surface area contributed by atoms with Crippen molar-refractivity contribution in [2.75, 3.05) is 11.9 Å². The fourth-order valence-electron chi connectivity index (χ4n) is 2.54. The highest BCUT2D eigenvalue weighted by Crippen LogP contribution is 2.24. The summed E-state index contributed by atoms with van der Waals surface area (Å²) in [5.41, 5.74) is 2.72. The number of aromatic nitrogens is 1. The average Bonchev–Trinajstić information content (AvgIpc) is 3.05. The van der Waals surface area contributed by atoms with Crippen molar-refractivity contribution >= 4 is 55.0 Å². The lowest BCUT2D eigenvalue weighted by atomic mass is 10.2. The molecule has 0 aliphatic heterocycles. The number of amides is 1. The molecule has 0 saturated carbocycles. The Morgan fingerprint density at radius 1 is 1.22 bits per heavy atom. The molecule has 0 bridgehead atoms. The Balaban J connectivity index is 1.39. The van der Waals surface area contributed by atoms with Gasteiger partial charge in [0, 0.05) is 10.9 Å². The van der Waals surface area contributed by atoms with Crippen molar-refractivity contribution in [1.82, 2.24) is 4.98 Å². The number of esters is 1. The zero-order chi connectivity index (χ0) is 19.2. The van der Waals surface area contributed by atoms with Crippen molar-refractivity contribution in [3.8, 4) is 0 Å². The van der Waals surface area contributed by atoms with E-state index in [0.717, 1.165) is 31.7 Å². The molecule has 27 heavy (non-hydrogen) atoms. The monoisotopic (exact) mass is 446 g/mol. The minimum atomic E-state index is -0.380. The van der Waals surface area contributed by atoms with Crippen molar-refractivity contribution in [3.05, 3.63) is 57.5 Å². The number of nitrogens with zero attached hydrogens (tertiary/aromatic N) is 1. The first kappa shape index (κ1) is 19.5. The molecule has 1 aromatic heterocycles. The summed E-state index contributed by atoms with van der Waals surface area (Å²) in [5.74, 6) is -0.742. The molecule has 0 aliphatic carbocycles. The minimum Gasteiger partial charge on any atom is -0.456 e. The summed E-state index contributed by atoms with van der Waals surface area (Å²) >= 11 is 5.04. The van der Waals surface area contributed by atoms with Crippen molar-refractivity contribution < 1.29 is 14.3 Å². The van der Waals surface area contributed by atoms with Gasteiger partial charge in [0.2, 0.25) is 0 Å². The van der Waals surface area contributed by atoms with Gasteiger partial charge in [-0.05, 0) is 65.5 Å². The molecule has 0 fully saturated rings. The Hall–Kier alpha value is -2.25. The number of carbonyl (C=O) groups is 2. The van der Waals surface area contributed by atoms with E-state index in [9.17, 15) is 9.59 Å². The number of aryl methyl sites for hydroxylation is 2. The smallest absolute Gasteiger partial charge is 0.306 e. The molecular formula is C20H19BrN2O3S. The number of carbonyl (C=O) groups excluding carboxylic acids is 2. The highest BCUT2D eigenvalue weighted by Gasteiger charge is 2.10. The van der Waals surface area contributed by atoms with Gasteiger partial charge in [-0.1, -0.05) is 18.2 Å². The Kier molecular flexibility index (Phi) is 6.58. The van der Waals surface area contributed by atoms with Gasteiger partial charge in [0.1, 0.15) is 0 Å². The summed E-state index contributed by atoms with van der Waals surface area (Å²) in [6, 6.07) is 13.6. The van der Waals surface area contributed by atoms with E-state index in [2.05, 4.69) is 26.2 Å². The van der Waals surface area contributed by atoms with Crippen LogP contribution in [0.2, 0.25) is 0 Å². The molecule has 5 nitrogen and oxygen atoms in total. The largest absolute Gasteiger partial charge is 0.456 e. The van der Waals surface area contributed by atoms with Crippen LogP contribution in [-0.4, -0.2) is 23.5 Å². The normalized spacial score (nSPS) is 10.7. The third kappa shape index (κ3) is 5.61. The van der Waals surface area contributed by atoms with Crippen molar-refractivity contribution in [2.45, 2.75) is 26.2 Å². The number of benzene rings is 2. The third-order valence-electron chi connectivity index (χ3n) is 3.87. The molecule has 0 radical (unpaired) electrons. The third-order valence-corrected chi connectivity index (χ3v) is 5.62. The molecule has 0 atom stereocenters. The van der Waals surface area contributed by atoms with E-state index in [0.29, 0.717) is 12.1 Å². The molecule has 0 spiro atoms. The van der Waals surface area contributed by atoms with Crippen LogP contribution in [0.5, 0.6) is 0 Å². The predicted molar refractivity (Wildman–Crippen MR) is 111 cm³/mol. The van der Waals surface area contributed by atoms with E-state index in [1.807, 2.05) is 43.3 Å². The highest BCUT2D eigenvalue weighted by molar-refractivity contribution is 9.10. The van der Waals surface area contributed by atoms with E-state index in [1.54, 1.807) is 17.4 Å². The van der Waals surface area contributed by atoms with Gasteiger partial charge >= 0.3 is 5.97 Å². The van der Waals surface area contributed by atoms with Crippen molar-refractivity contribution in [3.63, 3.8) is 0 Å². The molecule has 0 saturated heterocycles. The first-order chi connectivity index (χ1) is 13.0. The van der Waals surface area contributed by atoms with Gasteiger partial charge in [0.05, 0.1) is 20.9 Å². The maximum Gasteiger partial charge on any atom is 0.306 e. The number of hydrogen-bond donors (Lipinski definition) is 1. The maximum atomic E-state index is 11.9. The number of nitrogens with one attached hydrogen (secondary N) is 1. The van der Waals surface area contributed by atoms with Gasteiger partial charge in [0.25, 0.3) is 5.91 Å². The van der Waals surface area contributed by atoms with Gasteiger partial charge < -0.3 is 10.1 Å². The molecule has 0 aliphatic rings. The van der Waals surface area contributed by atoms with E-state index >= 15 is 0 Å². The second-order valence-electron chi connectivity index (χ2n) is 6.12. The van der Waals surface area contributed by atoms with Crippen LogP contribution in [0.25, 0.3) is 10.2 Å². The van der Waals surface area contributed by atoms with Gasteiger partial charge in [-0.3, -0.25) is 9.59 Å². The van der Waals surface area contributed by atoms with Gasteiger partial charge in [0.15, 0.2) is 6.61 Å². The fourth-order valence-corrected chi connectivity index (χ4v) is 4.14. The maximum absolute atomic E-state index is 11.9. The van der Waals surface area contributed by atoms with Crippen LogP contribution in [0.15, 0.2) is 46.9 Å². The fraction of sp³-hybridized carbons (Fsp3) is 0.250. The first-order valence-electron chi connectivity index (χ1n) is 8.57. The van der Waals surface area contributed by atoms with Crippen LogP contribution < -0.4 is 5.32 Å². The zero-order valence-electron chi connectivity index (χ0n) is 14.8. The van der Waals surface area contributed by atoms with Gasteiger partial charge in [-0.15, -0.1) is 11.3 Å². The lowest BCUT2D eigenvalue weighted by Crippen LogP contribution is -2.21. The van der Waals surface area contributed by atoms with E-state index in [-0.39, 0.29) is 24.9 Å². The quantitative estimate of drug-likeness (QED) is 0.525. The van der Waals surface area contributed by atoms with Crippen LogP contribution in [0, 0.1) is 6.92 Å². The topological polar surface area (TPSA) is 68.3 Å². The Labute approximate surface area is 169 Å². The van der Waals surface area contributed by atoms with E-state index in [1.165, 1.54) is 0 Å². The molecule has 0 unspecified atom stereocenters. The lowest BCUT2D eigenvalue weighted by Gasteiger charge is -2.08. The molecule has 2 aromatic carbocycles. The second-order valence-corrected chi connectivity index (χ2v) is 8.09. The van der Waals surface area contributed by atoms with Gasteiger partial charge in [-0.2, -0.15) is 0 Å². The molecule has 3 rings (SSSR count). The van der Waals surface area contributed by atoms with E-state index < -0.39 is 0 Å². The van der Waals surface area contributed by atoms with Crippen LogP contribution in [0.1, 0.15) is 23.4 Å². The highest BCUT2D eigenvalue weighted by atomic mass is 79.9. The predicted octanol–water partition coefficient (Wildman–Crippen LogP) is 4.87. The molecule has 7 heteroatoms. The standard InChI is InChI=1S/C20H19BrN2O3S/c1-13-9-10-15(14(21)11-13)22-18(24)12-26-20(25)8-4-7-19-23-16-5-2-3-6-17(16)27-19/h2-3,5-6,9-11H,4,7-8,12H2,1H3,(H,22,24). The molecular weight excluding hydrogens is 428 g/mol. The van der Waals surface area contributed by atoms with E-state index in [4.69, 9.17) is 4.74 Å². The molecule has 140 valence electrons.